The standard InChI is InChI=1S/C38H62O4/c1-33(2,3)39-30-21-20-29(25-31(30)40-34(4,5)6)37(13,14)28-18-16-26(17-19-28)27-22-23-38(15,42-36(10,11)12)32(24-27)41-35(7,8)9/h20-26,28,32H,16-19H2,1-15H3. The number of rotatable bonds is 7. The molecule has 3 rings (SSSR count). The zero-order valence-corrected chi connectivity index (χ0v) is 29.7. The van der Waals surface area contributed by atoms with Crippen LogP contribution in [0, 0.1) is 11.8 Å². The van der Waals surface area contributed by atoms with Gasteiger partial charge in [0, 0.05) is 0 Å². The molecule has 2 atom stereocenters. The lowest BCUT2D eigenvalue weighted by Crippen LogP contribution is -2.49. The van der Waals surface area contributed by atoms with Gasteiger partial charge in [-0.1, -0.05) is 26.0 Å². The van der Waals surface area contributed by atoms with Crippen LogP contribution in [-0.4, -0.2) is 34.1 Å². The van der Waals surface area contributed by atoms with Gasteiger partial charge in [0.05, 0.1) is 11.2 Å². The Morgan fingerprint density at radius 3 is 1.71 bits per heavy atom. The van der Waals surface area contributed by atoms with Crippen LogP contribution in [0.25, 0.3) is 0 Å². The van der Waals surface area contributed by atoms with E-state index in [9.17, 15) is 0 Å². The van der Waals surface area contributed by atoms with E-state index < -0.39 is 5.60 Å². The number of benzene rings is 1. The SMILES string of the molecule is CC(C)(C)Oc1ccc(C(C)(C)C2CCC(C3=CC(OC(C)(C)C)C(C)(OC(C)(C)C)C=C3)CC2)cc1OC(C)(C)C. The van der Waals surface area contributed by atoms with Crippen molar-refractivity contribution in [3.63, 3.8) is 0 Å². The molecule has 0 saturated heterocycles. The van der Waals surface area contributed by atoms with Gasteiger partial charge in [-0.2, -0.15) is 0 Å². The maximum Gasteiger partial charge on any atom is 0.162 e. The Balaban J connectivity index is 1.79. The molecule has 2 aliphatic carbocycles. The first-order valence-electron chi connectivity index (χ1n) is 16.2. The van der Waals surface area contributed by atoms with Crippen LogP contribution in [0.4, 0.5) is 0 Å². The highest BCUT2D eigenvalue weighted by Gasteiger charge is 2.42. The highest BCUT2D eigenvalue weighted by Crippen LogP contribution is 2.47. The summed E-state index contributed by atoms with van der Waals surface area (Å²) in [7, 11) is 0. The van der Waals surface area contributed by atoms with Crippen molar-refractivity contribution in [2.24, 2.45) is 11.8 Å². The van der Waals surface area contributed by atoms with Gasteiger partial charge in [0.15, 0.2) is 11.5 Å². The zero-order valence-electron chi connectivity index (χ0n) is 29.7. The minimum Gasteiger partial charge on any atom is -0.484 e. The van der Waals surface area contributed by atoms with Crippen molar-refractivity contribution in [1.29, 1.82) is 0 Å². The number of allylic oxidation sites excluding steroid dienone is 2. The second-order valence-electron chi connectivity index (χ2n) is 17.4. The highest BCUT2D eigenvalue weighted by atomic mass is 16.6. The van der Waals surface area contributed by atoms with Crippen LogP contribution < -0.4 is 9.47 Å². The minimum atomic E-state index is -0.496. The van der Waals surface area contributed by atoms with Crippen molar-refractivity contribution in [2.75, 3.05) is 0 Å². The van der Waals surface area contributed by atoms with E-state index >= 15 is 0 Å². The summed E-state index contributed by atoms with van der Waals surface area (Å²) in [6, 6.07) is 6.59. The lowest BCUT2D eigenvalue weighted by atomic mass is 9.64. The van der Waals surface area contributed by atoms with E-state index in [1.807, 2.05) is 0 Å². The third kappa shape index (κ3) is 9.61. The maximum atomic E-state index is 6.61. The van der Waals surface area contributed by atoms with Crippen molar-refractivity contribution in [1.82, 2.24) is 0 Å². The first-order valence-corrected chi connectivity index (χ1v) is 16.2. The quantitative estimate of drug-likeness (QED) is 0.320. The summed E-state index contributed by atoms with van der Waals surface area (Å²) >= 11 is 0. The van der Waals surface area contributed by atoms with E-state index in [1.165, 1.54) is 36.8 Å². The molecule has 0 bridgehead atoms. The molecular formula is C38H62O4. The molecule has 1 saturated carbocycles. The maximum absolute atomic E-state index is 6.61. The summed E-state index contributed by atoms with van der Waals surface area (Å²) < 4.78 is 25.9. The summed E-state index contributed by atoms with van der Waals surface area (Å²) in [6.07, 6.45) is 11.5. The molecule has 2 aliphatic rings. The van der Waals surface area contributed by atoms with Gasteiger partial charge < -0.3 is 18.9 Å². The first kappa shape index (κ1) is 34.7. The Labute approximate surface area is 258 Å². The van der Waals surface area contributed by atoms with Gasteiger partial charge in [-0.05, 0) is 168 Å². The van der Waals surface area contributed by atoms with Crippen LogP contribution >= 0.6 is 0 Å². The molecule has 1 fully saturated rings. The fourth-order valence-corrected chi connectivity index (χ4v) is 6.43. The lowest BCUT2D eigenvalue weighted by molar-refractivity contribution is -0.177. The average molecular weight is 583 g/mol. The molecule has 1 aromatic rings. The number of ether oxygens (including phenoxy) is 4. The summed E-state index contributed by atoms with van der Waals surface area (Å²) in [5, 5.41) is 0. The van der Waals surface area contributed by atoms with Gasteiger partial charge in [0.2, 0.25) is 0 Å². The average Bonchev–Trinajstić information content (AvgIpc) is 2.78. The normalized spacial score (nSPS) is 26.2. The molecule has 238 valence electrons. The van der Waals surface area contributed by atoms with Crippen molar-refractivity contribution < 1.29 is 18.9 Å². The van der Waals surface area contributed by atoms with Crippen LogP contribution in [0.3, 0.4) is 0 Å². The van der Waals surface area contributed by atoms with Gasteiger partial charge in [-0.15, -0.1) is 0 Å². The molecular weight excluding hydrogens is 520 g/mol. The van der Waals surface area contributed by atoms with Crippen LogP contribution in [0.15, 0.2) is 42.0 Å². The molecule has 0 aliphatic heterocycles. The Hall–Kier alpha value is -1.78. The monoisotopic (exact) mass is 582 g/mol. The van der Waals surface area contributed by atoms with Crippen LogP contribution in [-0.2, 0) is 14.9 Å². The van der Waals surface area contributed by atoms with Crippen LogP contribution in [0.1, 0.15) is 135 Å². The van der Waals surface area contributed by atoms with E-state index in [2.05, 4.69) is 140 Å². The molecule has 4 heteroatoms. The molecule has 0 amide bonds. The fourth-order valence-electron chi connectivity index (χ4n) is 6.43. The molecule has 2 unspecified atom stereocenters. The minimum absolute atomic E-state index is 0.0228. The predicted molar refractivity (Wildman–Crippen MR) is 177 cm³/mol. The van der Waals surface area contributed by atoms with Crippen molar-refractivity contribution in [2.45, 2.75) is 169 Å². The Kier molecular flexibility index (Phi) is 9.88. The largest absolute Gasteiger partial charge is 0.484 e. The molecule has 0 aromatic heterocycles. The highest BCUT2D eigenvalue weighted by molar-refractivity contribution is 5.46. The van der Waals surface area contributed by atoms with Gasteiger partial charge in [0.1, 0.15) is 22.9 Å². The van der Waals surface area contributed by atoms with E-state index in [1.54, 1.807) is 0 Å². The molecule has 0 spiro atoms. The summed E-state index contributed by atoms with van der Waals surface area (Å²) in [5.74, 6) is 2.78. The zero-order chi connectivity index (χ0) is 31.9. The molecule has 4 nitrogen and oxygen atoms in total. The third-order valence-corrected chi connectivity index (χ3v) is 8.26. The summed E-state index contributed by atoms with van der Waals surface area (Å²) in [5.41, 5.74) is 1.13. The van der Waals surface area contributed by atoms with Gasteiger partial charge >= 0.3 is 0 Å². The van der Waals surface area contributed by atoms with Gasteiger partial charge in [-0.3, -0.25) is 0 Å². The van der Waals surface area contributed by atoms with Crippen molar-refractivity contribution in [3.8, 4) is 11.5 Å². The predicted octanol–water partition coefficient (Wildman–Crippen LogP) is 10.4. The van der Waals surface area contributed by atoms with Crippen molar-refractivity contribution in [3.05, 3.63) is 47.6 Å². The Bertz CT molecular complexity index is 1120. The van der Waals surface area contributed by atoms with E-state index in [0.29, 0.717) is 11.8 Å². The smallest absolute Gasteiger partial charge is 0.162 e. The summed E-state index contributed by atoms with van der Waals surface area (Å²) in [6.45, 7) is 32.2. The first-order chi connectivity index (χ1) is 18.9. The van der Waals surface area contributed by atoms with E-state index in [-0.39, 0.29) is 33.9 Å². The molecule has 1 aromatic carbocycles. The third-order valence-electron chi connectivity index (χ3n) is 8.26. The molecule has 0 heterocycles. The van der Waals surface area contributed by atoms with Gasteiger partial charge in [0.25, 0.3) is 0 Å². The fraction of sp³-hybridized carbons (Fsp3) is 0.737. The second-order valence-corrected chi connectivity index (χ2v) is 17.4. The van der Waals surface area contributed by atoms with Crippen LogP contribution in [0.2, 0.25) is 0 Å². The molecule has 0 N–H and O–H groups in total. The molecule has 42 heavy (non-hydrogen) atoms. The number of hydrogen-bond acceptors (Lipinski definition) is 4. The second kappa shape index (κ2) is 12.0. The number of hydrogen-bond donors (Lipinski definition) is 0. The summed E-state index contributed by atoms with van der Waals surface area (Å²) in [4.78, 5) is 0. The van der Waals surface area contributed by atoms with E-state index in [4.69, 9.17) is 18.9 Å². The lowest BCUT2D eigenvalue weighted by Gasteiger charge is -2.45. The Morgan fingerprint density at radius 1 is 0.667 bits per heavy atom. The Morgan fingerprint density at radius 2 is 1.21 bits per heavy atom. The van der Waals surface area contributed by atoms with Crippen LogP contribution in [0.5, 0.6) is 11.5 Å². The van der Waals surface area contributed by atoms with Crippen molar-refractivity contribution >= 4 is 0 Å². The van der Waals surface area contributed by atoms with Gasteiger partial charge in [-0.25, -0.2) is 0 Å². The van der Waals surface area contributed by atoms with E-state index in [0.717, 1.165) is 11.5 Å². The molecule has 0 radical (unpaired) electrons. The topological polar surface area (TPSA) is 36.9 Å².